The van der Waals surface area contributed by atoms with Crippen LogP contribution in [0.25, 0.3) is 0 Å². The molecule has 0 aliphatic carbocycles. The van der Waals surface area contributed by atoms with Gasteiger partial charge >= 0.3 is 6.09 Å². The van der Waals surface area contributed by atoms with E-state index in [1.165, 1.54) is 0 Å². The topological polar surface area (TPSA) is 63.7 Å². The van der Waals surface area contributed by atoms with Crippen molar-refractivity contribution in [3.05, 3.63) is 35.9 Å². The second-order valence-corrected chi connectivity index (χ2v) is 3.74. The quantitative estimate of drug-likeness (QED) is 0.708. The zero-order valence-corrected chi connectivity index (χ0v) is 9.09. The smallest absolute Gasteiger partial charge is 0.410 e. The number of hydrogen-bond acceptors (Lipinski definition) is 4. The van der Waals surface area contributed by atoms with Crippen LogP contribution in [-0.2, 0) is 20.9 Å². The third-order valence-electron chi connectivity index (χ3n) is 2.44. The third kappa shape index (κ3) is 2.69. The maximum Gasteiger partial charge on any atom is 0.410 e. The van der Waals surface area contributed by atoms with E-state index in [1.807, 2.05) is 30.3 Å². The molecular formula is C12H11NO4. The lowest BCUT2D eigenvalue weighted by Crippen LogP contribution is -2.29. The standard InChI is InChI=1S/C12H11NO4/c14-10-6-13(7-11(10)15)12(16)17-8-9-4-2-1-3-5-9/h1-5H,6-8H2. The molecule has 1 heterocycles. The van der Waals surface area contributed by atoms with Gasteiger partial charge in [-0.1, -0.05) is 30.3 Å². The molecule has 0 atom stereocenters. The SMILES string of the molecule is O=C1CN(C(=O)OCc2ccccc2)CC1=O. The number of rotatable bonds is 2. The molecular weight excluding hydrogens is 222 g/mol. The van der Waals surface area contributed by atoms with E-state index in [-0.39, 0.29) is 19.7 Å². The molecule has 1 aromatic carbocycles. The number of carbonyl (C=O) groups is 3. The van der Waals surface area contributed by atoms with Crippen LogP contribution in [0.5, 0.6) is 0 Å². The van der Waals surface area contributed by atoms with Gasteiger partial charge in [0.15, 0.2) is 0 Å². The molecule has 0 spiro atoms. The number of ether oxygens (including phenoxy) is 1. The summed E-state index contributed by atoms with van der Waals surface area (Å²) in [7, 11) is 0. The normalized spacial score (nSPS) is 15.2. The number of benzene rings is 1. The number of carbonyl (C=O) groups excluding carboxylic acids is 3. The van der Waals surface area contributed by atoms with Crippen LogP contribution in [-0.4, -0.2) is 35.6 Å². The molecule has 17 heavy (non-hydrogen) atoms. The average Bonchev–Trinajstić information content (AvgIpc) is 2.68. The molecule has 1 aliphatic rings. The van der Waals surface area contributed by atoms with Crippen molar-refractivity contribution in [2.75, 3.05) is 13.1 Å². The Hall–Kier alpha value is -2.17. The van der Waals surface area contributed by atoms with E-state index in [4.69, 9.17) is 4.74 Å². The zero-order chi connectivity index (χ0) is 12.3. The minimum Gasteiger partial charge on any atom is -0.445 e. The number of nitrogens with zero attached hydrogens (tertiary/aromatic N) is 1. The molecule has 1 amide bonds. The summed E-state index contributed by atoms with van der Waals surface area (Å²) in [6.07, 6.45) is -0.631. The molecule has 1 aromatic rings. The Morgan fingerprint density at radius 3 is 2.29 bits per heavy atom. The highest BCUT2D eigenvalue weighted by molar-refractivity contribution is 6.41. The molecule has 1 aliphatic heterocycles. The molecule has 0 N–H and O–H groups in total. The summed E-state index contributed by atoms with van der Waals surface area (Å²) in [5, 5.41) is 0. The van der Waals surface area contributed by atoms with E-state index in [2.05, 4.69) is 0 Å². The fraction of sp³-hybridized carbons (Fsp3) is 0.250. The van der Waals surface area contributed by atoms with Crippen molar-refractivity contribution in [3.63, 3.8) is 0 Å². The minimum atomic E-state index is -0.631. The summed E-state index contributed by atoms with van der Waals surface area (Å²) in [4.78, 5) is 34.5. The van der Waals surface area contributed by atoms with E-state index in [0.717, 1.165) is 10.5 Å². The van der Waals surface area contributed by atoms with E-state index in [0.29, 0.717) is 0 Å². The van der Waals surface area contributed by atoms with Crippen LogP contribution in [0.1, 0.15) is 5.56 Å². The van der Waals surface area contributed by atoms with Gasteiger partial charge in [-0.25, -0.2) is 4.79 Å². The van der Waals surface area contributed by atoms with Crippen molar-refractivity contribution in [3.8, 4) is 0 Å². The second kappa shape index (κ2) is 4.78. The Bertz CT molecular complexity index is 439. The monoisotopic (exact) mass is 233 g/mol. The van der Waals surface area contributed by atoms with Crippen molar-refractivity contribution < 1.29 is 19.1 Å². The summed E-state index contributed by atoms with van der Waals surface area (Å²) >= 11 is 0. The van der Waals surface area contributed by atoms with Gasteiger partial charge in [0.25, 0.3) is 0 Å². The first-order valence-electron chi connectivity index (χ1n) is 5.18. The molecule has 0 aromatic heterocycles. The van der Waals surface area contributed by atoms with Crippen molar-refractivity contribution in [2.45, 2.75) is 6.61 Å². The highest BCUT2D eigenvalue weighted by Crippen LogP contribution is 2.06. The number of likely N-dealkylation sites (tertiary alicyclic amines) is 1. The Labute approximate surface area is 98.0 Å². The lowest BCUT2D eigenvalue weighted by Gasteiger charge is -2.13. The number of amides is 1. The fourth-order valence-corrected chi connectivity index (χ4v) is 1.52. The molecule has 88 valence electrons. The lowest BCUT2D eigenvalue weighted by atomic mass is 10.2. The Morgan fingerprint density at radius 2 is 1.71 bits per heavy atom. The van der Waals surface area contributed by atoms with Gasteiger partial charge in [0, 0.05) is 0 Å². The fourth-order valence-electron chi connectivity index (χ4n) is 1.52. The molecule has 0 saturated carbocycles. The van der Waals surface area contributed by atoms with Gasteiger partial charge in [0.05, 0.1) is 13.1 Å². The summed E-state index contributed by atoms with van der Waals surface area (Å²) in [6, 6.07) is 9.20. The lowest BCUT2D eigenvalue weighted by molar-refractivity contribution is -0.132. The number of ketones is 2. The third-order valence-corrected chi connectivity index (χ3v) is 2.44. The molecule has 0 bridgehead atoms. The summed E-state index contributed by atoms with van der Waals surface area (Å²) in [5.74, 6) is -1.08. The molecule has 5 nitrogen and oxygen atoms in total. The van der Waals surface area contributed by atoms with Gasteiger partial charge < -0.3 is 4.74 Å². The van der Waals surface area contributed by atoms with Gasteiger partial charge in [0.2, 0.25) is 11.6 Å². The van der Waals surface area contributed by atoms with Crippen molar-refractivity contribution in [1.29, 1.82) is 0 Å². The van der Waals surface area contributed by atoms with Crippen LogP contribution in [0, 0.1) is 0 Å². The van der Waals surface area contributed by atoms with Crippen molar-refractivity contribution >= 4 is 17.7 Å². The molecule has 2 rings (SSSR count). The second-order valence-electron chi connectivity index (χ2n) is 3.74. The van der Waals surface area contributed by atoms with Gasteiger partial charge in [-0.3, -0.25) is 14.5 Å². The summed E-state index contributed by atoms with van der Waals surface area (Å²) in [6.45, 7) is -0.211. The number of Topliss-reactive ketones (excluding diaryl/α,β-unsaturated/α-hetero) is 2. The molecule has 1 saturated heterocycles. The Balaban J connectivity index is 1.86. The summed E-state index contributed by atoms with van der Waals surface area (Å²) in [5.41, 5.74) is 0.859. The van der Waals surface area contributed by atoms with Crippen molar-refractivity contribution in [2.24, 2.45) is 0 Å². The molecule has 1 fully saturated rings. The average molecular weight is 233 g/mol. The van der Waals surface area contributed by atoms with Crippen LogP contribution in [0.15, 0.2) is 30.3 Å². The van der Waals surface area contributed by atoms with Gasteiger partial charge in [-0.15, -0.1) is 0 Å². The van der Waals surface area contributed by atoms with Gasteiger partial charge in [-0.05, 0) is 5.56 Å². The van der Waals surface area contributed by atoms with Crippen LogP contribution >= 0.6 is 0 Å². The van der Waals surface area contributed by atoms with Crippen LogP contribution in [0.3, 0.4) is 0 Å². The predicted molar refractivity (Wildman–Crippen MR) is 58.2 cm³/mol. The van der Waals surface area contributed by atoms with E-state index in [9.17, 15) is 14.4 Å². The Morgan fingerprint density at radius 1 is 1.12 bits per heavy atom. The first-order chi connectivity index (χ1) is 8.16. The predicted octanol–water partition coefficient (Wildman–Crippen LogP) is 0.777. The van der Waals surface area contributed by atoms with Crippen LogP contribution in [0.2, 0.25) is 0 Å². The maximum atomic E-state index is 11.5. The van der Waals surface area contributed by atoms with Gasteiger partial charge in [0.1, 0.15) is 6.61 Å². The largest absolute Gasteiger partial charge is 0.445 e. The molecule has 5 heteroatoms. The van der Waals surface area contributed by atoms with Crippen LogP contribution < -0.4 is 0 Å². The maximum absolute atomic E-state index is 11.5. The highest BCUT2D eigenvalue weighted by Gasteiger charge is 2.32. The molecule has 0 radical (unpaired) electrons. The summed E-state index contributed by atoms with van der Waals surface area (Å²) < 4.78 is 4.99. The zero-order valence-electron chi connectivity index (χ0n) is 9.09. The first-order valence-corrected chi connectivity index (χ1v) is 5.18. The number of hydrogen-bond donors (Lipinski definition) is 0. The van der Waals surface area contributed by atoms with E-state index < -0.39 is 17.7 Å². The van der Waals surface area contributed by atoms with E-state index >= 15 is 0 Å². The van der Waals surface area contributed by atoms with Gasteiger partial charge in [-0.2, -0.15) is 0 Å². The van der Waals surface area contributed by atoms with Crippen molar-refractivity contribution in [1.82, 2.24) is 4.90 Å². The van der Waals surface area contributed by atoms with Crippen LogP contribution in [0.4, 0.5) is 4.79 Å². The minimum absolute atomic E-state index is 0.137. The highest BCUT2D eigenvalue weighted by atomic mass is 16.6. The molecule has 0 unspecified atom stereocenters. The van der Waals surface area contributed by atoms with E-state index in [1.54, 1.807) is 0 Å². The Kier molecular flexibility index (Phi) is 3.18. The first kappa shape index (κ1) is 11.3.